The number of methoxy groups -OCH3 is 3. The first-order valence-corrected chi connectivity index (χ1v) is 13.8. The lowest BCUT2D eigenvalue weighted by Crippen LogP contribution is -2.38. The van der Waals surface area contributed by atoms with E-state index in [2.05, 4.69) is 5.32 Å². The normalized spacial score (nSPS) is 17.7. The summed E-state index contributed by atoms with van der Waals surface area (Å²) >= 11 is 0. The molecule has 2 atom stereocenters. The van der Waals surface area contributed by atoms with Gasteiger partial charge in [-0.3, -0.25) is 19.3 Å². The number of fused-ring (bicyclic) bond motifs is 1. The van der Waals surface area contributed by atoms with Crippen LogP contribution in [0.4, 0.5) is 11.4 Å². The number of carbonyl (C=O) groups excluding carboxylic acids is 3. The van der Waals surface area contributed by atoms with E-state index in [4.69, 9.17) is 14.2 Å². The van der Waals surface area contributed by atoms with Crippen LogP contribution in [0.15, 0.2) is 78.0 Å². The molecule has 2 unspecified atom stereocenters. The number of carboxylic acids is 1. The number of ketones is 1. The fraction of sp³-hybridized carbons (Fsp3) is 0.273. The van der Waals surface area contributed by atoms with Gasteiger partial charge in [0, 0.05) is 24.1 Å². The summed E-state index contributed by atoms with van der Waals surface area (Å²) in [4.78, 5) is 53.1. The lowest BCUT2D eigenvalue weighted by molar-refractivity contribution is -0.138. The Morgan fingerprint density at radius 3 is 2.26 bits per heavy atom. The average molecular weight is 585 g/mol. The van der Waals surface area contributed by atoms with Crippen LogP contribution in [0.1, 0.15) is 59.1 Å². The minimum atomic E-state index is -1.10. The molecule has 1 amide bonds. The molecule has 2 N–H and O–H groups in total. The zero-order valence-electron chi connectivity index (χ0n) is 24.1. The Hall–Kier alpha value is -5.12. The Balaban J connectivity index is 1.66. The molecule has 0 fully saturated rings. The van der Waals surface area contributed by atoms with Crippen molar-refractivity contribution in [1.29, 1.82) is 0 Å². The first-order valence-electron chi connectivity index (χ1n) is 13.8. The highest BCUT2D eigenvalue weighted by molar-refractivity contribution is 6.07. The van der Waals surface area contributed by atoms with E-state index in [1.165, 1.54) is 12.0 Å². The molecular formula is C33H32N2O8. The first kappa shape index (κ1) is 29.4. The lowest BCUT2D eigenvalue weighted by atomic mass is 9.78. The second-order valence-corrected chi connectivity index (χ2v) is 10.4. The Bertz CT molecular complexity index is 1610. The molecule has 0 saturated carbocycles. The number of allylic oxidation sites excluding steroid dienone is 1. The Morgan fingerprint density at radius 1 is 0.884 bits per heavy atom. The van der Waals surface area contributed by atoms with Gasteiger partial charge in [-0.2, -0.15) is 0 Å². The number of rotatable bonds is 8. The quantitative estimate of drug-likeness (QED) is 0.341. The molecule has 10 heteroatoms. The number of nitrogens with zero attached hydrogens (tertiary/aromatic N) is 1. The summed E-state index contributed by atoms with van der Waals surface area (Å²) in [5.74, 6) is -1.24. The fourth-order valence-electron chi connectivity index (χ4n) is 5.78. The van der Waals surface area contributed by atoms with Gasteiger partial charge in [0.15, 0.2) is 17.3 Å². The second kappa shape index (κ2) is 12.4. The van der Waals surface area contributed by atoms with Crippen LogP contribution in [-0.4, -0.2) is 50.1 Å². The van der Waals surface area contributed by atoms with Crippen molar-refractivity contribution in [3.05, 3.63) is 94.7 Å². The largest absolute Gasteiger partial charge is 0.493 e. The molecule has 1 aliphatic carbocycles. The minimum absolute atomic E-state index is 0.153. The molecule has 5 rings (SSSR count). The molecule has 0 bridgehead atoms. The lowest BCUT2D eigenvalue weighted by Gasteiger charge is -2.35. The third-order valence-corrected chi connectivity index (χ3v) is 7.84. The SMILES string of the molecule is COC(=O)c1ccc(C2C3=C(CC(c4ccc(OC)c(OC)c4)CC3=O)Nc3ccccc3N2C(=O)CCC(=O)O)cc1. The van der Waals surface area contributed by atoms with Crippen LogP contribution >= 0.6 is 0 Å². The van der Waals surface area contributed by atoms with E-state index in [-0.39, 0.29) is 31.0 Å². The molecule has 43 heavy (non-hydrogen) atoms. The van der Waals surface area contributed by atoms with E-state index >= 15 is 0 Å². The number of carboxylic acid groups (broad SMARTS) is 1. The van der Waals surface area contributed by atoms with Crippen molar-refractivity contribution in [2.24, 2.45) is 0 Å². The number of hydrogen-bond acceptors (Lipinski definition) is 8. The van der Waals surface area contributed by atoms with Gasteiger partial charge in [0.2, 0.25) is 5.91 Å². The van der Waals surface area contributed by atoms with Gasteiger partial charge < -0.3 is 24.6 Å². The monoisotopic (exact) mass is 584 g/mol. The summed E-state index contributed by atoms with van der Waals surface area (Å²) in [6.07, 6.45) is 0.0324. The smallest absolute Gasteiger partial charge is 0.337 e. The first-order chi connectivity index (χ1) is 20.7. The minimum Gasteiger partial charge on any atom is -0.493 e. The zero-order chi connectivity index (χ0) is 30.7. The van der Waals surface area contributed by atoms with Gasteiger partial charge in [0.25, 0.3) is 0 Å². The van der Waals surface area contributed by atoms with E-state index in [1.54, 1.807) is 50.6 Å². The topological polar surface area (TPSA) is 131 Å². The highest BCUT2D eigenvalue weighted by Gasteiger charge is 2.41. The number of para-hydroxylation sites is 2. The van der Waals surface area contributed by atoms with Gasteiger partial charge in [-0.15, -0.1) is 0 Å². The second-order valence-electron chi connectivity index (χ2n) is 10.4. The molecular weight excluding hydrogens is 552 g/mol. The maximum Gasteiger partial charge on any atom is 0.337 e. The highest BCUT2D eigenvalue weighted by atomic mass is 16.5. The molecule has 222 valence electrons. The van der Waals surface area contributed by atoms with Crippen LogP contribution in [0.3, 0.4) is 0 Å². The number of hydrogen-bond donors (Lipinski definition) is 2. The fourth-order valence-corrected chi connectivity index (χ4v) is 5.78. The Kier molecular flexibility index (Phi) is 8.47. The third-order valence-electron chi connectivity index (χ3n) is 7.84. The number of anilines is 2. The number of esters is 1. The van der Waals surface area contributed by atoms with E-state index in [9.17, 15) is 24.3 Å². The third kappa shape index (κ3) is 5.81. The van der Waals surface area contributed by atoms with Gasteiger partial charge >= 0.3 is 11.9 Å². The molecule has 0 saturated heterocycles. The van der Waals surface area contributed by atoms with Crippen LogP contribution in [0.25, 0.3) is 0 Å². The van der Waals surface area contributed by atoms with Crippen LogP contribution < -0.4 is 19.7 Å². The number of benzene rings is 3. The molecule has 10 nitrogen and oxygen atoms in total. The molecule has 0 aromatic heterocycles. The standard InChI is InChI=1S/C33H32N2O8/c1-41-27-13-12-21(18-28(27)42-2)22-16-24-31(26(36)17-22)32(19-8-10-20(11-9-19)33(40)43-3)35(29(37)14-15-30(38)39)25-7-5-4-6-23(25)34-24/h4-13,18,22,32,34H,14-17H2,1-3H3,(H,38,39). The molecule has 0 spiro atoms. The summed E-state index contributed by atoms with van der Waals surface area (Å²) in [7, 11) is 4.41. The molecule has 1 heterocycles. The summed E-state index contributed by atoms with van der Waals surface area (Å²) in [6, 6.07) is 18.5. The number of Topliss-reactive ketones (excluding diaryl/α,β-unsaturated/α-hetero) is 1. The summed E-state index contributed by atoms with van der Waals surface area (Å²) in [5.41, 5.74) is 4.05. The maximum atomic E-state index is 14.2. The van der Waals surface area contributed by atoms with E-state index < -0.39 is 23.9 Å². The van der Waals surface area contributed by atoms with Crippen molar-refractivity contribution >= 4 is 35.0 Å². The van der Waals surface area contributed by atoms with E-state index in [0.717, 1.165) is 5.56 Å². The molecule has 0 radical (unpaired) electrons. The van der Waals surface area contributed by atoms with Crippen molar-refractivity contribution in [2.45, 2.75) is 37.6 Å². The highest BCUT2D eigenvalue weighted by Crippen LogP contribution is 2.48. The van der Waals surface area contributed by atoms with E-state index in [1.807, 2.05) is 30.3 Å². The van der Waals surface area contributed by atoms with Crippen LogP contribution in [0.5, 0.6) is 11.5 Å². The predicted molar refractivity (Wildman–Crippen MR) is 158 cm³/mol. The molecule has 2 aliphatic rings. The van der Waals surface area contributed by atoms with Crippen molar-refractivity contribution in [2.75, 3.05) is 31.5 Å². The van der Waals surface area contributed by atoms with Crippen LogP contribution in [0, 0.1) is 0 Å². The summed E-state index contributed by atoms with van der Waals surface area (Å²) in [6.45, 7) is 0. The van der Waals surface area contributed by atoms with E-state index in [0.29, 0.717) is 51.7 Å². The van der Waals surface area contributed by atoms with Crippen LogP contribution in [0.2, 0.25) is 0 Å². The van der Waals surface area contributed by atoms with Gasteiger partial charge in [0.05, 0.1) is 50.7 Å². The van der Waals surface area contributed by atoms with Crippen molar-refractivity contribution in [3.63, 3.8) is 0 Å². The van der Waals surface area contributed by atoms with Gasteiger partial charge in [-0.25, -0.2) is 4.79 Å². The summed E-state index contributed by atoms with van der Waals surface area (Å²) in [5, 5.41) is 12.8. The number of carbonyl (C=O) groups is 4. The predicted octanol–water partition coefficient (Wildman–Crippen LogP) is 5.26. The number of aliphatic carboxylic acids is 1. The number of nitrogens with one attached hydrogen (secondary N) is 1. The van der Waals surface area contributed by atoms with Crippen molar-refractivity contribution in [3.8, 4) is 11.5 Å². The zero-order valence-corrected chi connectivity index (χ0v) is 24.1. The average Bonchev–Trinajstić information content (AvgIpc) is 3.17. The van der Waals surface area contributed by atoms with Crippen molar-refractivity contribution in [1.82, 2.24) is 0 Å². The van der Waals surface area contributed by atoms with Crippen LogP contribution in [-0.2, 0) is 19.1 Å². The Labute approximate surface area is 248 Å². The van der Waals surface area contributed by atoms with Gasteiger partial charge in [-0.05, 0) is 59.9 Å². The molecule has 1 aliphatic heterocycles. The van der Waals surface area contributed by atoms with Gasteiger partial charge in [-0.1, -0.05) is 30.3 Å². The molecule has 3 aromatic carbocycles. The maximum absolute atomic E-state index is 14.2. The Morgan fingerprint density at radius 2 is 1.58 bits per heavy atom. The molecule has 3 aromatic rings. The number of ether oxygens (including phenoxy) is 3. The van der Waals surface area contributed by atoms with Gasteiger partial charge in [0.1, 0.15) is 0 Å². The summed E-state index contributed by atoms with van der Waals surface area (Å²) < 4.78 is 15.7. The number of amides is 1. The van der Waals surface area contributed by atoms with Crippen molar-refractivity contribution < 1.29 is 38.5 Å².